The van der Waals surface area contributed by atoms with Gasteiger partial charge in [-0.05, 0) is 18.6 Å². The van der Waals surface area contributed by atoms with Crippen molar-refractivity contribution in [3.8, 4) is 12.1 Å². The number of allylic oxidation sites excluding steroid dienone is 4. The van der Waals surface area contributed by atoms with Crippen LogP contribution in [0, 0.1) is 22.7 Å². The molecular weight excluding hydrogens is 112 g/mol. The molecule has 0 aromatic rings. The molecule has 0 bridgehead atoms. The highest BCUT2D eigenvalue weighted by Gasteiger charge is 1.75. The molecule has 0 N–H and O–H groups in total. The predicted octanol–water partition coefficient (Wildman–Crippen LogP) is 1.54. The van der Waals surface area contributed by atoms with Crippen molar-refractivity contribution < 1.29 is 0 Å². The molecule has 0 spiro atoms. The van der Waals surface area contributed by atoms with Crippen molar-refractivity contribution in [3.05, 3.63) is 23.8 Å². The Kier molecular flexibility index (Phi) is 3.83. The fourth-order valence-electron chi connectivity index (χ4n) is 0.319. The van der Waals surface area contributed by atoms with Crippen LogP contribution < -0.4 is 0 Å². The van der Waals surface area contributed by atoms with Gasteiger partial charge < -0.3 is 0 Å². The summed E-state index contributed by atoms with van der Waals surface area (Å²) in [5.74, 6) is 0. The van der Waals surface area contributed by atoms with Crippen molar-refractivity contribution in [1.29, 1.82) is 10.5 Å². The van der Waals surface area contributed by atoms with E-state index in [1.807, 2.05) is 12.1 Å². The Balaban J connectivity index is 3.98. The van der Waals surface area contributed by atoms with Gasteiger partial charge in [-0.3, -0.25) is 0 Å². The van der Waals surface area contributed by atoms with Crippen LogP contribution in [0.1, 0.15) is 6.92 Å². The molecule has 0 amide bonds. The van der Waals surface area contributed by atoms with E-state index in [2.05, 4.69) is 0 Å². The summed E-state index contributed by atoms with van der Waals surface area (Å²) in [5, 5.41) is 16.1. The van der Waals surface area contributed by atoms with Crippen molar-refractivity contribution in [2.75, 3.05) is 0 Å². The maximum absolute atomic E-state index is 8.09. The zero-order valence-corrected chi connectivity index (χ0v) is 5.13. The molecule has 2 nitrogen and oxygen atoms in total. The van der Waals surface area contributed by atoms with Gasteiger partial charge in [0.15, 0.2) is 0 Å². The lowest BCUT2D eigenvalue weighted by atomic mass is 10.3. The van der Waals surface area contributed by atoms with Gasteiger partial charge in [0.2, 0.25) is 0 Å². The lowest BCUT2D eigenvalue weighted by molar-refractivity contribution is 1.47. The van der Waals surface area contributed by atoms with E-state index in [0.717, 1.165) is 5.57 Å². The Morgan fingerprint density at radius 3 is 2.44 bits per heavy atom. The fourth-order valence-corrected chi connectivity index (χ4v) is 0.319. The zero-order chi connectivity index (χ0) is 7.11. The first kappa shape index (κ1) is 7.46. The number of hydrogen-bond acceptors (Lipinski definition) is 2. The summed E-state index contributed by atoms with van der Waals surface area (Å²) < 4.78 is 0. The molecule has 0 fully saturated rings. The molecule has 0 aliphatic heterocycles. The van der Waals surface area contributed by atoms with Crippen LogP contribution in [0.25, 0.3) is 0 Å². The first-order chi connectivity index (χ1) is 4.31. The standard InChI is InChI=1S/C7H6N2/c1-7(4-6-9)3-2-5-8/h2-4H,1H3/b3-2-,7-4-. The van der Waals surface area contributed by atoms with Gasteiger partial charge in [-0.2, -0.15) is 10.5 Å². The van der Waals surface area contributed by atoms with E-state index in [1.165, 1.54) is 12.2 Å². The van der Waals surface area contributed by atoms with Crippen LogP contribution >= 0.6 is 0 Å². The van der Waals surface area contributed by atoms with Gasteiger partial charge in [0, 0.05) is 12.2 Å². The van der Waals surface area contributed by atoms with Crippen molar-refractivity contribution in [3.63, 3.8) is 0 Å². The second kappa shape index (κ2) is 4.61. The quantitative estimate of drug-likeness (QED) is 0.387. The molecule has 0 aromatic heterocycles. The fraction of sp³-hybridized carbons (Fsp3) is 0.143. The smallest absolute Gasteiger partial charge is 0.0914 e. The minimum atomic E-state index is 0.791. The van der Waals surface area contributed by atoms with Crippen LogP contribution in [0.15, 0.2) is 23.8 Å². The molecule has 0 rings (SSSR count). The van der Waals surface area contributed by atoms with Crippen molar-refractivity contribution >= 4 is 0 Å². The van der Waals surface area contributed by atoms with Crippen LogP contribution in [0.5, 0.6) is 0 Å². The lowest BCUT2D eigenvalue weighted by Crippen LogP contribution is -1.63. The minimum absolute atomic E-state index is 0.791. The van der Waals surface area contributed by atoms with E-state index < -0.39 is 0 Å². The van der Waals surface area contributed by atoms with E-state index in [1.54, 1.807) is 13.0 Å². The Labute approximate surface area is 54.3 Å². The highest BCUT2D eigenvalue weighted by Crippen LogP contribution is 1.91. The zero-order valence-electron chi connectivity index (χ0n) is 5.13. The van der Waals surface area contributed by atoms with Gasteiger partial charge in [0.1, 0.15) is 0 Å². The Bertz CT molecular complexity index is 210. The Hall–Kier alpha value is -1.54. The first-order valence-corrected chi connectivity index (χ1v) is 2.44. The van der Waals surface area contributed by atoms with Gasteiger partial charge in [-0.15, -0.1) is 0 Å². The van der Waals surface area contributed by atoms with E-state index >= 15 is 0 Å². The molecular formula is C7H6N2. The van der Waals surface area contributed by atoms with E-state index in [-0.39, 0.29) is 0 Å². The van der Waals surface area contributed by atoms with Gasteiger partial charge in [0.25, 0.3) is 0 Å². The molecule has 0 unspecified atom stereocenters. The average molecular weight is 118 g/mol. The summed E-state index contributed by atoms with van der Waals surface area (Å²) in [4.78, 5) is 0. The van der Waals surface area contributed by atoms with Gasteiger partial charge in [-0.25, -0.2) is 0 Å². The van der Waals surface area contributed by atoms with Crippen molar-refractivity contribution in [2.45, 2.75) is 6.92 Å². The van der Waals surface area contributed by atoms with Crippen LogP contribution in [0.2, 0.25) is 0 Å². The highest BCUT2D eigenvalue weighted by molar-refractivity contribution is 5.25. The minimum Gasteiger partial charge on any atom is -0.193 e. The van der Waals surface area contributed by atoms with E-state index in [4.69, 9.17) is 10.5 Å². The molecule has 0 atom stereocenters. The summed E-state index contributed by atoms with van der Waals surface area (Å²) in [5.41, 5.74) is 0.791. The molecule has 0 aliphatic carbocycles. The third-order valence-electron chi connectivity index (χ3n) is 0.713. The maximum atomic E-state index is 8.09. The SMILES string of the molecule is CC(/C=C\C#N)=C/C#N. The van der Waals surface area contributed by atoms with Crippen molar-refractivity contribution in [2.24, 2.45) is 0 Å². The highest BCUT2D eigenvalue weighted by atomic mass is 14.2. The molecule has 9 heavy (non-hydrogen) atoms. The summed E-state index contributed by atoms with van der Waals surface area (Å²) >= 11 is 0. The van der Waals surface area contributed by atoms with E-state index in [0.29, 0.717) is 0 Å². The van der Waals surface area contributed by atoms with Gasteiger partial charge >= 0.3 is 0 Å². The molecule has 44 valence electrons. The summed E-state index contributed by atoms with van der Waals surface area (Å²) in [7, 11) is 0. The van der Waals surface area contributed by atoms with Crippen LogP contribution in [-0.2, 0) is 0 Å². The largest absolute Gasteiger partial charge is 0.193 e. The molecule has 0 aliphatic rings. The van der Waals surface area contributed by atoms with Crippen LogP contribution in [-0.4, -0.2) is 0 Å². The van der Waals surface area contributed by atoms with E-state index in [9.17, 15) is 0 Å². The summed E-state index contributed by atoms with van der Waals surface area (Å²) in [6, 6.07) is 3.68. The topological polar surface area (TPSA) is 47.6 Å². The molecule has 2 heteroatoms. The Morgan fingerprint density at radius 1 is 1.33 bits per heavy atom. The van der Waals surface area contributed by atoms with Crippen LogP contribution in [0.3, 0.4) is 0 Å². The monoisotopic (exact) mass is 118 g/mol. The number of nitriles is 2. The molecule has 0 radical (unpaired) electrons. The summed E-state index contributed by atoms with van der Waals surface area (Å²) in [6.07, 6.45) is 4.31. The normalized spacial score (nSPS) is 10.8. The molecule has 0 heterocycles. The van der Waals surface area contributed by atoms with Gasteiger partial charge in [0.05, 0.1) is 12.1 Å². The lowest BCUT2D eigenvalue weighted by Gasteiger charge is -1.78. The predicted molar refractivity (Wildman–Crippen MR) is 34.1 cm³/mol. The second-order valence-corrected chi connectivity index (χ2v) is 1.48. The number of nitrogens with zero attached hydrogens (tertiary/aromatic N) is 2. The maximum Gasteiger partial charge on any atom is 0.0914 e. The summed E-state index contributed by atoms with van der Waals surface area (Å²) in [6.45, 7) is 1.76. The third kappa shape index (κ3) is 4.31. The van der Waals surface area contributed by atoms with Crippen molar-refractivity contribution in [1.82, 2.24) is 0 Å². The molecule has 0 aromatic carbocycles. The average Bonchev–Trinajstić information content (AvgIpc) is 1.85. The number of hydrogen-bond donors (Lipinski definition) is 0. The first-order valence-electron chi connectivity index (χ1n) is 2.44. The Morgan fingerprint density at radius 2 is 2.00 bits per heavy atom. The molecule has 0 saturated carbocycles. The third-order valence-corrected chi connectivity index (χ3v) is 0.713. The van der Waals surface area contributed by atoms with Crippen LogP contribution in [0.4, 0.5) is 0 Å². The van der Waals surface area contributed by atoms with Gasteiger partial charge in [-0.1, -0.05) is 0 Å². The molecule has 0 saturated heterocycles. The number of rotatable bonds is 1. The second-order valence-electron chi connectivity index (χ2n) is 1.48.